The standard InChI is InChI=1S/C12H17F3N2O/c13-12(14,15)6-8-18-9-10-5-7-17(16-10)11-3-1-2-4-11/h5,7,11H,1-4,6,8-9H2. The van der Waals surface area contributed by atoms with E-state index < -0.39 is 12.6 Å². The average Bonchev–Trinajstić information content (AvgIpc) is 2.93. The summed E-state index contributed by atoms with van der Waals surface area (Å²) in [6, 6.07) is 2.26. The number of hydrogen-bond donors (Lipinski definition) is 0. The van der Waals surface area contributed by atoms with Gasteiger partial charge in [0.1, 0.15) is 0 Å². The second-order valence-corrected chi connectivity index (χ2v) is 4.64. The highest BCUT2D eigenvalue weighted by molar-refractivity contribution is 4.98. The molecule has 0 amide bonds. The fourth-order valence-electron chi connectivity index (χ4n) is 2.19. The molecule has 0 radical (unpaired) electrons. The Morgan fingerprint density at radius 2 is 2.06 bits per heavy atom. The van der Waals surface area contributed by atoms with E-state index in [2.05, 4.69) is 5.10 Å². The molecule has 0 aliphatic heterocycles. The molecule has 1 saturated carbocycles. The van der Waals surface area contributed by atoms with Crippen molar-refractivity contribution in [2.24, 2.45) is 0 Å². The van der Waals surface area contributed by atoms with Crippen LogP contribution in [0.25, 0.3) is 0 Å². The first-order chi connectivity index (χ1) is 8.54. The molecular formula is C12H17F3N2O. The van der Waals surface area contributed by atoms with Crippen LogP contribution in [0.4, 0.5) is 13.2 Å². The number of halogens is 3. The first-order valence-corrected chi connectivity index (χ1v) is 6.23. The Bertz CT molecular complexity index is 370. The normalized spacial score (nSPS) is 17.5. The number of alkyl halides is 3. The van der Waals surface area contributed by atoms with E-state index in [1.807, 2.05) is 16.9 Å². The fraction of sp³-hybridized carbons (Fsp3) is 0.750. The summed E-state index contributed by atoms with van der Waals surface area (Å²) < 4.78 is 42.6. The quantitative estimate of drug-likeness (QED) is 0.760. The number of rotatable bonds is 5. The van der Waals surface area contributed by atoms with Gasteiger partial charge in [-0.1, -0.05) is 12.8 Å². The van der Waals surface area contributed by atoms with Gasteiger partial charge in [-0.05, 0) is 18.9 Å². The number of nitrogens with zero attached hydrogens (tertiary/aromatic N) is 2. The molecule has 0 bridgehead atoms. The Kier molecular flexibility index (Phi) is 4.27. The Balaban J connectivity index is 1.73. The van der Waals surface area contributed by atoms with Crippen molar-refractivity contribution >= 4 is 0 Å². The van der Waals surface area contributed by atoms with Crippen LogP contribution in [0.3, 0.4) is 0 Å². The van der Waals surface area contributed by atoms with Crippen LogP contribution < -0.4 is 0 Å². The van der Waals surface area contributed by atoms with Crippen LogP contribution >= 0.6 is 0 Å². The Labute approximate surface area is 104 Å². The third kappa shape index (κ3) is 4.01. The number of aromatic nitrogens is 2. The van der Waals surface area contributed by atoms with Gasteiger partial charge in [-0.2, -0.15) is 18.3 Å². The van der Waals surface area contributed by atoms with E-state index in [1.54, 1.807) is 0 Å². The van der Waals surface area contributed by atoms with E-state index in [1.165, 1.54) is 12.8 Å². The van der Waals surface area contributed by atoms with Crippen LogP contribution in [0.2, 0.25) is 0 Å². The number of hydrogen-bond acceptors (Lipinski definition) is 2. The highest BCUT2D eigenvalue weighted by Crippen LogP contribution is 2.28. The maximum Gasteiger partial charge on any atom is 0.391 e. The lowest BCUT2D eigenvalue weighted by Gasteiger charge is -2.09. The first kappa shape index (κ1) is 13.4. The van der Waals surface area contributed by atoms with Gasteiger partial charge in [-0.15, -0.1) is 0 Å². The highest BCUT2D eigenvalue weighted by Gasteiger charge is 2.26. The fourth-order valence-corrected chi connectivity index (χ4v) is 2.19. The minimum absolute atomic E-state index is 0.149. The smallest absolute Gasteiger partial charge is 0.375 e. The van der Waals surface area contributed by atoms with Crippen LogP contribution in [-0.2, 0) is 11.3 Å². The summed E-state index contributed by atoms with van der Waals surface area (Å²) in [6.07, 6.45) is 1.55. The van der Waals surface area contributed by atoms with E-state index in [9.17, 15) is 13.2 Å². The molecular weight excluding hydrogens is 245 g/mol. The molecule has 0 unspecified atom stereocenters. The lowest BCUT2D eigenvalue weighted by molar-refractivity contribution is -0.146. The van der Waals surface area contributed by atoms with Crippen LogP contribution in [0, 0.1) is 0 Å². The predicted octanol–water partition coefficient (Wildman–Crippen LogP) is 3.47. The van der Waals surface area contributed by atoms with E-state index in [0.717, 1.165) is 12.8 Å². The van der Waals surface area contributed by atoms with Crippen molar-refractivity contribution in [2.75, 3.05) is 6.61 Å². The predicted molar refractivity (Wildman–Crippen MR) is 60.1 cm³/mol. The molecule has 0 saturated heterocycles. The summed E-state index contributed by atoms with van der Waals surface area (Å²) >= 11 is 0. The van der Waals surface area contributed by atoms with Crippen molar-refractivity contribution in [2.45, 2.75) is 50.9 Å². The van der Waals surface area contributed by atoms with Crippen LogP contribution in [0.5, 0.6) is 0 Å². The molecule has 102 valence electrons. The molecule has 1 aromatic heterocycles. The summed E-state index contributed by atoms with van der Waals surface area (Å²) in [5.41, 5.74) is 0.698. The van der Waals surface area contributed by atoms with Crippen LogP contribution in [0.1, 0.15) is 43.8 Å². The van der Waals surface area contributed by atoms with Crippen molar-refractivity contribution in [1.82, 2.24) is 9.78 Å². The summed E-state index contributed by atoms with van der Waals surface area (Å²) in [7, 11) is 0. The van der Waals surface area contributed by atoms with Crippen molar-refractivity contribution in [3.63, 3.8) is 0 Å². The molecule has 1 fully saturated rings. The second kappa shape index (κ2) is 5.73. The zero-order chi connectivity index (χ0) is 13.0. The van der Waals surface area contributed by atoms with Gasteiger partial charge in [0.2, 0.25) is 0 Å². The summed E-state index contributed by atoms with van der Waals surface area (Å²) in [5.74, 6) is 0. The Morgan fingerprint density at radius 1 is 1.33 bits per heavy atom. The zero-order valence-electron chi connectivity index (χ0n) is 10.1. The van der Waals surface area contributed by atoms with Crippen LogP contribution in [0.15, 0.2) is 12.3 Å². The first-order valence-electron chi connectivity index (χ1n) is 6.23. The maximum absolute atomic E-state index is 11.9. The Morgan fingerprint density at radius 3 is 2.72 bits per heavy atom. The second-order valence-electron chi connectivity index (χ2n) is 4.64. The van der Waals surface area contributed by atoms with Gasteiger partial charge in [0.05, 0.1) is 31.4 Å². The molecule has 6 heteroatoms. The third-order valence-corrected chi connectivity index (χ3v) is 3.14. The van der Waals surface area contributed by atoms with E-state index in [-0.39, 0.29) is 13.2 Å². The molecule has 2 rings (SSSR count). The molecule has 0 N–H and O–H groups in total. The maximum atomic E-state index is 11.9. The van der Waals surface area contributed by atoms with E-state index >= 15 is 0 Å². The number of ether oxygens (including phenoxy) is 1. The third-order valence-electron chi connectivity index (χ3n) is 3.14. The lowest BCUT2D eigenvalue weighted by Crippen LogP contribution is -2.11. The Hall–Kier alpha value is -1.04. The minimum atomic E-state index is -4.15. The molecule has 18 heavy (non-hydrogen) atoms. The monoisotopic (exact) mass is 262 g/mol. The van der Waals surface area contributed by atoms with Gasteiger partial charge >= 0.3 is 6.18 Å². The molecule has 1 aromatic rings. The molecule has 1 aliphatic carbocycles. The summed E-state index contributed by atoms with van der Waals surface area (Å²) in [6.45, 7) is -0.157. The largest absolute Gasteiger partial charge is 0.391 e. The van der Waals surface area contributed by atoms with Gasteiger partial charge in [0, 0.05) is 6.20 Å². The molecule has 1 aliphatic rings. The van der Waals surface area contributed by atoms with E-state index in [4.69, 9.17) is 4.74 Å². The molecule has 0 aromatic carbocycles. The molecule has 1 heterocycles. The topological polar surface area (TPSA) is 27.1 Å². The molecule has 0 atom stereocenters. The summed E-state index contributed by atoms with van der Waals surface area (Å²) in [5, 5.41) is 4.34. The van der Waals surface area contributed by atoms with Crippen molar-refractivity contribution in [3.05, 3.63) is 18.0 Å². The van der Waals surface area contributed by atoms with Gasteiger partial charge in [0.15, 0.2) is 0 Å². The SMILES string of the molecule is FC(F)(F)CCOCc1ccn(C2CCCC2)n1. The van der Waals surface area contributed by atoms with Crippen molar-refractivity contribution in [3.8, 4) is 0 Å². The zero-order valence-corrected chi connectivity index (χ0v) is 10.1. The minimum Gasteiger partial charge on any atom is -0.375 e. The van der Waals surface area contributed by atoms with Gasteiger partial charge in [0.25, 0.3) is 0 Å². The van der Waals surface area contributed by atoms with E-state index in [0.29, 0.717) is 11.7 Å². The average molecular weight is 262 g/mol. The highest BCUT2D eigenvalue weighted by atomic mass is 19.4. The van der Waals surface area contributed by atoms with Gasteiger partial charge < -0.3 is 4.74 Å². The van der Waals surface area contributed by atoms with Gasteiger partial charge in [-0.25, -0.2) is 0 Å². The molecule has 3 nitrogen and oxygen atoms in total. The summed E-state index contributed by atoms with van der Waals surface area (Å²) in [4.78, 5) is 0. The molecule has 0 spiro atoms. The lowest BCUT2D eigenvalue weighted by atomic mass is 10.3. The van der Waals surface area contributed by atoms with Crippen molar-refractivity contribution < 1.29 is 17.9 Å². The van der Waals surface area contributed by atoms with Gasteiger partial charge in [-0.3, -0.25) is 4.68 Å². The van der Waals surface area contributed by atoms with Crippen molar-refractivity contribution in [1.29, 1.82) is 0 Å². The van der Waals surface area contributed by atoms with Crippen LogP contribution in [-0.4, -0.2) is 22.6 Å².